The molecule has 0 spiro atoms. The smallest absolute Gasteiger partial charge is 0.303 e. The van der Waals surface area contributed by atoms with Crippen LogP contribution >= 0.6 is 11.8 Å². The van der Waals surface area contributed by atoms with E-state index in [-0.39, 0.29) is 37.6 Å². The average molecular weight is 512 g/mol. The number of aromatic nitrogens is 2. The predicted octanol–water partition coefficient (Wildman–Crippen LogP) is 4.05. The molecule has 1 amide bonds. The van der Waals surface area contributed by atoms with E-state index in [4.69, 9.17) is 14.6 Å². The molecule has 0 radical (unpaired) electrons. The van der Waals surface area contributed by atoms with Gasteiger partial charge in [0, 0.05) is 49.3 Å². The predicted molar refractivity (Wildman–Crippen MR) is 134 cm³/mol. The second-order valence-corrected chi connectivity index (χ2v) is 9.54. The van der Waals surface area contributed by atoms with Crippen LogP contribution in [-0.4, -0.2) is 43.5 Å². The highest BCUT2D eigenvalue weighted by molar-refractivity contribution is 7.99. The lowest BCUT2D eigenvalue weighted by Gasteiger charge is -2.36. The number of rotatable bonds is 10. The maximum absolute atomic E-state index is 12.1. The highest BCUT2D eigenvalue weighted by Gasteiger charge is 2.32. The van der Waals surface area contributed by atoms with Gasteiger partial charge in [0.05, 0.1) is 25.2 Å². The van der Waals surface area contributed by atoms with Gasteiger partial charge < -0.3 is 29.6 Å². The zero-order valence-corrected chi connectivity index (χ0v) is 20.7. The maximum atomic E-state index is 12.1. The Labute approximate surface area is 213 Å². The van der Waals surface area contributed by atoms with E-state index in [2.05, 4.69) is 10.3 Å². The molecule has 9 nitrogen and oxygen atoms in total. The van der Waals surface area contributed by atoms with E-state index in [1.165, 1.54) is 0 Å². The van der Waals surface area contributed by atoms with Crippen molar-refractivity contribution in [1.29, 1.82) is 0 Å². The van der Waals surface area contributed by atoms with Crippen molar-refractivity contribution in [2.75, 3.05) is 11.1 Å². The van der Waals surface area contributed by atoms with Crippen molar-refractivity contribution < 1.29 is 29.3 Å². The Balaban J connectivity index is 1.51. The minimum Gasteiger partial charge on any atom is -0.481 e. The number of carbonyl (C=O) groups excluding carboxylic acids is 1. The van der Waals surface area contributed by atoms with Crippen LogP contribution < -0.4 is 5.32 Å². The first kappa shape index (κ1) is 25.9. The molecule has 36 heavy (non-hydrogen) atoms. The van der Waals surface area contributed by atoms with Crippen LogP contribution in [0, 0.1) is 0 Å². The number of nitrogens with zero attached hydrogens (tertiary/aromatic N) is 2. The maximum Gasteiger partial charge on any atom is 0.303 e. The third-order valence-corrected chi connectivity index (χ3v) is 6.99. The molecule has 0 saturated carbocycles. The first-order chi connectivity index (χ1) is 17.4. The molecule has 4 rings (SSSR count). The van der Waals surface area contributed by atoms with Gasteiger partial charge in [-0.05, 0) is 23.3 Å². The molecular formula is C26H29N3O6S. The third kappa shape index (κ3) is 6.94. The van der Waals surface area contributed by atoms with E-state index in [1.807, 2.05) is 48.1 Å². The molecular weight excluding hydrogens is 482 g/mol. The largest absolute Gasteiger partial charge is 0.481 e. The summed E-state index contributed by atoms with van der Waals surface area (Å²) in [6.45, 7) is -0.0224. The highest BCUT2D eigenvalue weighted by atomic mass is 32.2. The summed E-state index contributed by atoms with van der Waals surface area (Å²) in [6, 6.07) is 14.9. The van der Waals surface area contributed by atoms with Gasteiger partial charge in [-0.25, -0.2) is 4.98 Å². The number of amides is 1. The topological polar surface area (TPSA) is 123 Å². The van der Waals surface area contributed by atoms with Crippen molar-refractivity contribution in [1.82, 2.24) is 9.55 Å². The van der Waals surface area contributed by atoms with Crippen molar-refractivity contribution in [3.63, 3.8) is 0 Å². The van der Waals surface area contributed by atoms with Crippen molar-refractivity contribution in [2.24, 2.45) is 7.05 Å². The van der Waals surface area contributed by atoms with Gasteiger partial charge in [-0.2, -0.15) is 0 Å². The van der Waals surface area contributed by atoms with E-state index in [0.717, 1.165) is 21.8 Å². The molecule has 0 aliphatic carbocycles. The van der Waals surface area contributed by atoms with Gasteiger partial charge >= 0.3 is 5.97 Å². The number of aliphatic carboxylic acids is 1. The molecule has 1 aliphatic rings. The Hall–Kier alpha value is -3.18. The van der Waals surface area contributed by atoms with Crippen LogP contribution in [0.25, 0.3) is 0 Å². The lowest BCUT2D eigenvalue weighted by molar-refractivity contribution is -0.245. The second-order valence-electron chi connectivity index (χ2n) is 8.55. The second kappa shape index (κ2) is 12.2. The minimum absolute atomic E-state index is 0.0224. The number of carboxylic acids is 1. The summed E-state index contributed by atoms with van der Waals surface area (Å²) in [7, 11) is 1.95. The van der Waals surface area contributed by atoms with E-state index in [1.54, 1.807) is 36.2 Å². The van der Waals surface area contributed by atoms with E-state index >= 15 is 0 Å². The quantitative estimate of drug-likeness (QED) is 0.349. The number of thioether (sulfide) groups is 1. The molecule has 1 fully saturated rings. The summed E-state index contributed by atoms with van der Waals surface area (Å²) in [5, 5.41) is 21.8. The molecule has 3 aromatic rings. The summed E-state index contributed by atoms with van der Waals surface area (Å²) in [4.78, 5) is 27.2. The number of aliphatic hydroxyl groups is 1. The number of imidazole rings is 1. The van der Waals surface area contributed by atoms with Crippen molar-refractivity contribution in [3.8, 4) is 0 Å². The number of anilines is 1. The molecule has 2 heterocycles. The molecule has 2 aromatic carbocycles. The first-order valence-electron chi connectivity index (χ1n) is 11.6. The summed E-state index contributed by atoms with van der Waals surface area (Å²) in [5.74, 6) is -0.705. The lowest BCUT2D eigenvalue weighted by Crippen LogP contribution is -2.31. The number of ether oxygens (including phenoxy) is 2. The molecule has 1 aromatic heterocycles. The number of carbonyl (C=O) groups is 2. The number of hydrogen-bond acceptors (Lipinski definition) is 7. The van der Waals surface area contributed by atoms with E-state index in [0.29, 0.717) is 17.9 Å². The van der Waals surface area contributed by atoms with Gasteiger partial charge in [-0.3, -0.25) is 9.59 Å². The summed E-state index contributed by atoms with van der Waals surface area (Å²) < 4.78 is 14.7. The number of aryl methyl sites for hydroxylation is 1. The van der Waals surface area contributed by atoms with E-state index < -0.39 is 12.3 Å². The van der Waals surface area contributed by atoms with Gasteiger partial charge in [0.25, 0.3) is 0 Å². The van der Waals surface area contributed by atoms with Gasteiger partial charge in [0.2, 0.25) is 5.91 Å². The van der Waals surface area contributed by atoms with Crippen molar-refractivity contribution >= 4 is 29.3 Å². The fourth-order valence-corrected chi connectivity index (χ4v) is 4.84. The summed E-state index contributed by atoms with van der Waals surface area (Å²) in [6.07, 6.45) is 2.97. The fourth-order valence-electron chi connectivity index (χ4n) is 3.89. The number of aliphatic hydroxyl groups excluding tert-OH is 1. The Kier molecular flexibility index (Phi) is 8.76. The van der Waals surface area contributed by atoms with Crippen LogP contribution in [0.2, 0.25) is 0 Å². The Morgan fingerprint density at radius 1 is 1.14 bits per heavy atom. The molecule has 190 valence electrons. The molecule has 3 N–H and O–H groups in total. The number of carboxylic acid groups (broad SMARTS) is 1. The van der Waals surface area contributed by atoms with Gasteiger partial charge in [-0.1, -0.05) is 48.2 Å². The fraction of sp³-hybridized carbons (Fsp3) is 0.346. The summed E-state index contributed by atoms with van der Waals surface area (Å²) in [5.41, 5.74) is 3.11. The molecule has 1 aliphatic heterocycles. The van der Waals surface area contributed by atoms with E-state index in [9.17, 15) is 14.7 Å². The van der Waals surface area contributed by atoms with Gasteiger partial charge in [0.15, 0.2) is 11.4 Å². The molecule has 1 saturated heterocycles. The Bertz CT molecular complexity index is 1180. The number of nitrogens with one attached hydrogen (secondary N) is 1. The zero-order chi connectivity index (χ0) is 25.5. The average Bonchev–Trinajstić information content (AvgIpc) is 3.30. The molecule has 10 heteroatoms. The van der Waals surface area contributed by atoms with Gasteiger partial charge in [-0.15, -0.1) is 0 Å². The molecule has 0 unspecified atom stereocenters. The van der Waals surface area contributed by atoms with Crippen LogP contribution in [0.15, 0.2) is 66.1 Å². The third-order valence-electron chi connectivity index (χ3n) is 5.80. The normalized spacial score (nSPS) is 19.7. The minimum atomic E-state index is -1.02. The number of benzene rings is 2. The van der Waals surface area contributed by atoms with Crippen LogP contribution in [0.5, 0.6) is 0 Å². The Morgan fingerprint density at radius 3 is 2.64 bits per heavy atom. The van der Waals surface area contributed by atoms with Gasteiger partial charge in [0.1, 0.15) is 0 Å². The van der Waals surface area contributed by atoms with Crippen molar-refractivity contribution in [3.05, 3.63) is 77.6 Å². The molecule has 0 bridgehead atoms. The van der Waals surface area contributed by atoms with Crippen LogP contribution in [0.4, 0.5) is 5.69 Å². The zero-order valence-electron chi connectivity index (χ0n) is 19.9. The SMILES string of the molecule is Cn1ccnc1SC[C@H]1C[C@@H](c2ccc(CO)cc2)O[C@@H](c2cccc(NC(=O)CCC(=O)O)c2)O1. The highest BCUT2D eigenvalue weighted by Crippen LogP contribution is 2.39. The van der Waals surface area contributed by atoms with Crippen molar-refractivity contribution in [2.45, 2.75) is 49.5 Å². The van der Waals surface area contributed by atoms with Crippen LogP contribution in [0.3, 0.4) is 0 Å². The summed E-state index contributed by atoms with van der Waals surface area (Å²) >= 11 is 1.61. The first-order valence-corrected chi connectivity index (χ1v) is 12.6. The Morgan fingerprint density at radius 2 is 1.94 bits per heavy atom. The monoisotopic (exact) mass is 511 g/mol. The van der Waals surface area contributed by atoms with Crippen LogP contribution in [-0.2, 0) is 32.7 Å². The standard InChI is InChI=1S/C26H29N3O6S/c1-29-12-11-27-26(29)36-16-21-14-22(18-7-5-17(15-30)6-8-18)35-25(34-21)19-3-2-4-20(13-19)28-23(31)9-10-24(32)33/h2-8,11-13,21-22,25,30H,9-10,14-16H2,1H3,(H,28,31)(H,32,33)/t21-,22+,25+/m1/s1. The number of hydrogen-bond donors (Lipinski definition) is 3. The molecule has 3 atom stereocenters. The lowest BCUT2D eigenvalue weighted by atomic mass is 10.0. The van der Waals surface area contributed by atoms with Crippen LogP contribution in [0.1, 0.15) is 48.3 Å².